The fourth-order valence-corrected chi connectivity index (χ4v) is 4.41. The molecule has 0 amide bonds. The van der Waals surface area contributed by atoms with Gasteiger partial charge < -0.3 is 9.42 Å². The summed E-state index contributed by atoms with van der Waals surface area (Å²) in [7, 11) is 2.02. The summed E-state index contributed by atoms with van der Waals surface area (Å²) in [5.41, 5.74) is 4.03. The van der Waals surface area contributed by atoms with Crippen molar-refractivity contribution in [2.75, 3.05) is 11.9 Å². The van der Waals surface area contributed by atoms with Crippen molar-refractivity contribution in [3.63, 3.8) is 0 Å². The van der Waals surface area contributed by atoms with Gasteiger partial charge in [-0.3, -0.25) is 4.98 Å². The molecule has 0 saturated carbocycles. The summed E-state index contributed by atoms with van der Waals surface area (Å²) in [6, 6.07) is 16.2. The Morgan fingerprint density at radius 2 is 1.87 bits per heavy atom. The third-order valence-corrected chi connectivity index (χ3v) is 5.73. The molecular weight excluding hydrogens is 394 g/mol. The fourth-order valence-electron chi connectivity index (χ4n) is 3.46. The number of fused-ring (bicyclic) bond motifs is 1. The van der Waals surface area contributed by atoms with E-state index in [0.717, 1.165) is 44.2 Å². The summed E-state index contributed by atoms with van der Waals surface area (Å²) in [6.07, 6.45) is 3.54. The minimum atomic E-state index is 0.583. The highest BCUT2D eigenvalue weighted by atomic mass is 32.1. The highest BCUT2D eigenvalue weighted by Crippen LogP contribution is 2.39. The molecule has 0 atom stereocenters. The predicted octanol–water partition coefficient (Wildman–Crippen LogP) is 5.35. The van der Waals surface area contributed by atoms with Crippen LogP contribution in [0.1, 0.15) is 11.5 Å². The molecule has 0 N–H and O–H groups in total. The van der Waals surface area contributed by atoms with Gasteiger partial charge >= 0.3 is 0 Å². The molecule has 0 aliphatic heterocycles. The zero-order chi connectivity index (χ0) is 20.5. The van der Waals surface area contributed by atoms with Gasteiger partial charge in [0.1, 0.15) is 22.1 Å². The van der Waals surface area contributed by atoms with Crippen LogP contribution in [0.25, 0.3) is 32.7 Å². The molecule has 5 aromatic rings. The lowest BCUT2D eigenvalue weighted by atomic mass is 10.1. The summed E-state index contributed by atoms with van der Waals surface area (Å²) >= 11 is 1.63. The summed E-state index contributed by atoms with van der Waals surface area (Å²) in [6.45, 7) is 2.48. The molecule has 0 unspecified atom stereocenters. The van der Waals surface area contributed by atoms with E-state index in [1.54, 1.807) is 23.7 Å². The maximum atomic E-state index is 5.24. The smallest absolute Gasteiger partial charge is 0.164 e. The van der Waals surface area contributed by atoms with Gasteiger partial charge in [0.25, 0.3) is 0 Å². The zero-order valence-corrected chi connectivity index (χ0v) is 17.4. The van der Waals surface area contributed by atoms with E-state index < -0.39 is 0 Å². The second kappa shape index (κ2) is 7.68. The SMILES string of the molecule is Cc1cc(CN(C)c2nc(-c3cccnc3)nc3scc(-c4ccccc4)c23)no1. The van der Waals surface area contributed by atoms with Gasteiger partial charge in [-0.1, -0.05) is 35.5 Å². The minimum absolute atomic E-state index is 0.583. The van der Waals surface area contributed by atoms with Crippen LogP contribution in [-0.2, 0) is 6.54 Å². The second-order valence-corrected chi connectivity index (χ2v) is 7.95. The molecule has 30 heavy (non-hydrogen) atoms. The van der Waals surface area contributed by atoms with E-state index in [0.29, 0.717) is 12.4 Å². The Morgan fingerprint density at radius 1 is 1.03 bits per heavy atom. The molecule has 4 heterocycles. The Hall–Kier alpha value is -3.58. The lowest BCUT2D eigenvalue weighted by Gasteiger charge is -2.19. The molecule has 7 heteroatoms. The first-order chi connectivity index (χ1) is 14.7. The van der Waals surface area contributed by atoms with Crippen LogP contribution >= 0.6 is 11.3 Å². The molecule has 5 rings (SSSR count). The van der Waals surface area contributed by atoms with E-state index in [1.807, 2.05) is 50.4 Å². The van der Waals surface area contributed by atoms with E-state index in [4.69, 9.17) is 14.5 Å². The van der Waals surface area contributed by atoms with E-state index in [1.165, 1.54) is 0 Å². The van der Waals surface area contributed by atoms with E-state index in [-0.39, 0.29) is 0 Å². The Labute approximate surface area is 177 Å². The molecule has 6 nitrogen and oxygen atoms in total. The summed E-state index contributed by atoms with van der Waals surface area (Å²) < 4.78 is 5.24. The Kier molecular flexibility index (Phi) is 4.72. The number of anilines is 1. The number of hydrogen-bond acceptors (Lipinski definition) is 7. The predicted molar refractivity (Wildman–Crippen MR) is 119 cm³/mol. The first kappa shape index (κ1) is 18.4. The average Bonchev–Trinajstić information content (AvgIpc) is 3.40. The molecular formula is C23H19N5OS. The number of rotatable bonds is 5. The highest BCUT2D eigenvalue weighted by molar-refractivity contribution is 7.17. The van der Waals surface area contributed by atoms with Gasteiger partial charge in [0.05, 0.1) is 11.9 Å². The van der Waals surface area contributed by atoms with Crippen molar-refractivity contribution < 1.29 is 4.52 Å². The molecule has 0 aliphatic rings. The third kappa shape index (κ3) is 3.44. The van der Waals surface area contributed by atoms with Crippen molar-refractivity contribution in [1.29, 1.82) is 0 Å². The van der Waals surface area contributed by atoms with Gasteiger partial charge in [0.2, 0.25) is 0 Å². The molecule has 0 spiro atoms. The average molecular weight is 414 g/mol. The molecule has 0 fully saturated rings. The van der Waals surface area contributed by atoms with Crippen molar-refractivity contribution >= 4 is 27.4 Å². The van der Waals surface area contributed by atoms with Crippen LogP contribution in [0.5, 0.6) is 0 Å². The van der Waals surface area contributed by atoms with Gasteiger partial charge in [0, 0.05) is 42.0 Å². The van der Waals surface area contributed by atoms with Crippen molar-refractivity contribution in [3.8, 4) is 22.5 Å². The van der Waals surface area contributed by atoms with Gasteiger partial charge in [-0.25, -0.2) is 9.97 Å². The maximum Gasteiger partial charge on any atom is 0.164 e. The number of aryl methyl sites for hydroxylation is 1. The molecule has 148 valence electrons. The van der Waals surface area contributed by atoms with Crippen LogP contribution in [0.15, 0.2) is 70.8 Å². The quantitative estimate of drug-likeness (QED) is 0.387. The first-order valence-corrected chi connectivity index (χ1v) is 10.5. The highest BCUT2D eigenvalue weighted by Gasteiger charge is 2.19. The van der Waals surface area contributed by atoms with Crippen molar-refractivity contribution in [2.24, 2.45) is 0 Å². The van der Waals surface area contributed by atoms with Crippen LogP contribution in [0.4, 0.5) is 5.82 Å². The lowest BCUT2D eigenvalue weighted by molar-refractivity contribution is 0.390. The Balaban J connectivity index is 1.68. The molecule has 0 bridgehead atoms. The number of nitrogens with zero attached hydrogens (tertiary/aromatic N) is 5. The summed E-state index contributed by atoms with van der Waals surface area (Å²) in [4.78, 5) is 17.1. The van der Waals surface area contributed by atoms with Crippen LogP contribution in [0.3, 0.4) is 0 Å². The molecule has 4 aromatic heterocycles. The Bertz CT molecular complexity index is 1300. The fraction of sp³-hybridized carbons (Fsp3) is 0.130. The third-order valence-electron chi connectivity index (χ3n) is 4.86. The molecule has 0 radical (unpaired) electrons. The standard InChI is InChI=1S/C23H19N5OS/c1-15-11-18(27-29-15)13-28(2)22-20-19(16-7-4-3-5-8-16)14-30-23(20)26-21(25-22)17-9-6-10-24-12-17/h3-12,14H,13H2,1-2H3. The molecule has 0 aliphatic carbocycles. The first-order valence-electron chi connectivity index (χ1n) is 9.57. The van der Waals surface area contributed by atoms with Gasteiger partial charge in [-0.05, 0) is 24.6 Å². The van der Waals surface area contributed by atoms with E-state index >= 15 is 0 Å². The Morgan fingerprint density at radius 3 is 2.60 bits per heavy atom. The van der Waals surface area contributed by atoms with Crippen molar-refractivity contribution in [3.05, 3.63) is 77.8 Å². The minimum Gasteiger partial charge on any atom is -0.361 e. The van der Waals surface area contributed by atoms with Crippen LogP contribution in [0.2, 0.25) is 0 Å². The summed E-state index contributed by atoms with van der Waals surface area (Å²) in [5.74, 6) is 2.32. The van der Waals surface area contributed by atoms with Gasteiger partial charge in [-0.15, -0.1) is 11.3 Å². The zero-order valence-electron chi connectivity index (χ0n) is 16.6. The normalized spacial score (nSPS) is 11.1. The number of hydrogen-bond donors (Lipinski definition) is 0. The number of pyridine rings is 1. The van der Waals surface area contributed by atoms with Crippen molar-refractivity contribution in [2.45, 2.75) is 13.5 Å². The number of aromatic nitrogens is 4. The van der Waals surface area contributed by atoms with Gasteiger partial charge in [0.15, 0.2) is 5.82 Å². The topological polar surface area (TPSA) is 67.9 Å². The molecule has 0 saturated heterocycles. The van der Waals surface area contributed by atoms with Crippen LogP contribution in [-0.4, -0.2) is 27.2 Å². The van der Waals surface area contributed by atoms with Gasteiger partial charge in [-0.2, -0.15) is 0 Å². The molecule has 1 aromatic carbocycles. The van der Waals surface area contributed by atoms with E-state index in [9.17, 15) is 0 Å². The van der Waals surface area contributed by atoms with Crippen LogP contribution < -0.4 is 4.90 Å². The largest absolute Gasteiger partial charge is 0.361 e. The van der Waals surface area contributed by atoms with Crippen LogP contribution in [0, 0.1) is 6.92 Å². The monoisotopic (exact) mass is 413 g/mol. The summed E-state index contributed by atoms with van der Waals surface area (Å²) in [5, 5.41) is 7.34. The maximum absolute atomic E-state index is 5.24. The van der Waals surface area contributed by atoms with E-state index in [2.05, 4.69) is 32.6 Å². The number of thiophene rings is 1. The number of benzene rings is 1. The lowest BCUT2D eigenvalue weighted by Crippen LogP contribution is -2.19. The second-order valence-electron chi connectivity index (χ2n) is 7.09. The van der Waals surface area contributed by atoms with Crippen molar-refractivity contribution in [1.82, 2.24) is 20.1 Å².